The minimum Gasteiger partial charge on any atom is -0.444 e. The lowest BCUT2D eigenvalue weighted by atomic mass is 9.80. The Morgan fingerprint density at radius 1 is 1.02 bits per heavy atom. The van der Waals surface area contributed by atoms with Crippen LogP contribution in [0.2, 0.25) is 0 Å². The molecule has 48 heavy (non-hydrogen) atoms. The van der Waals surface area contributed by atoms with Gasteiger partial charge in [-0.3, -0.25) is 14.5 Å². The van der Waals surface area contributed by atoms with Crippen molar-refractivity contribution in [3.05, 3.63) is 57.8 Å². The quantitative estimate of drug-likeness (QED) is 0.259. The maximum Gasteiger partial charge on any atom is 0.416 e. The summed E-state index contributed by atoms with van der Waals surface area (Å²) in [5.41, 5.74) is -1.20. The number of alkyl halides is 5. The van der Waals surface area contributed by atoms with Crippen LogP contribution >= 0.6 is 11.8 Å². The average molecular weight is 694 g/mol. The van der Waals surface area contributed by atoms with Gasteiger partial charge in [-0.2, -0.15) is 18.2 Å². The number of rotatable bonds is 3. The van der Waals surface area contributed by atoms with Crippen molar-refractivity contribution in [2.24, 2.45) is 0 Å². The Morgan fingerprint density at radius 2 is 1.69 bits per heavy atom. The van der Waals surface area contributed by atoms with Crippen molar-refractivity contribution < 1.29 is 31.5 Å². The lowest BCUT2D eigenvalue weighted by Gasteiger charge is -2.45. The molecule has 6 rings (SSSR count). The molecule has 1 aliphatic carbocycles. The van der Waals surface area contributed by atoms with Gasteiger partial charge in [-0.05, 0) is 77.1 Å². The lowest BCUT2D eigenvalue weighted by molar-refractivity contribution is -0.138. The molecule has 260 valence electrons. The summed E-state index contributed by atoms with van der Waals surface area (Å²) in [5.74, 6) is -3.54. The second-order valence-electron chi connectivity index (χ2n) is 14.3. The number of hydrogen-bond donors (Lipinski definition) is 0. The number of halogens is 5. The van der Waals surface area contributed by atoms with Crippen molar-refractivity contribution >= 4 is 34.6 Å². The summed E-state index contributed by atoms with van der Waals surface area (Å²) in [6, 6.07) is 5.65. The van der Waals surface area contributed by atoms with Gasteiger partial charge in [0.15, 0.2) is 0 Å². The molecule has 2 fully saturated rings. The van der Waals surface area contributed by atoms with Crippen LogP contribution in [0.3, 0.4) is 0 Å². The Balaban J connectivity index is 1.52. The highest BCUT2D eigenvalue weighted by molar-refractivity contribution is 7.99. The van der Waals surface area contributed by atoms with Crippen LogP contribution < -0.4 is 10.6 Å². The summed E-state index contributed by atoms with van der Waals surface area (Å²) in [5, 5.41) is 0.168. The highest BCUT2D eigenvalue weighted by Crippen LogP contribution is 2.52. The fourth-order valence-corrected chi connectivity index (χ4v) is 8.79. The standard InChI is InChI=1S/C34H40F5N5O3S/c1-19-15-42(16-20(2)44(19)31(46)47-32(3,4)5)29-23-14-24(34(37,38)39)26(21-9-11-33(35,36)12-10-21)28-27(23)43(30(45)41-29)17-22(18-48-28)25-8-6-7-13-40-25/h6-8,13-14,19-22H,9-12,15-18H2,1-5H3/t19-,20+,22?. The van der Waals surface area contributed by atoms with E-state index in [2.05, 4.69) is 9.97 Å². The number of benzene rings is 1. The number of anilines is 1. The Kier molecular flexibility index (Phi) is 8.95. The maximum absolute atomic E-state index is 15.1. The van der Waals surface area contributed by atoms with Crippen LogP contribution in [0.15, 0.2) is 40.2 Å². The molecule has 4 heterocycles. The van der Waals surface area contributed by atoms with Gasteiger partial charge in [0, 0.05) is 66.3 Å². The van der Waals surface area contributed by atoms with Gasteiger partial charge in [0.1, 0.15) is 11.4 Å². The molecule has 3 aromatic rings. The summed E-state index contributed by atoms with van der Waals surface area (Å²) < 4.78 is 80.8. The third-order valence-electron chi connectivity index (χ3n) is 9.43. The first-order chi connectivity index (χ1) is 22.4. The fourth-order valence-electron chi connectivity index (χ4n) is 7.36. The fraction of sp³-hybridized carbons (Fsp3) is 0.588. The zero-order valence-corrected chi connectivity index (χ0v) is 28.4. The summed E-state index contributed by atoms with van der Waals surface area (Å²) in [6.07, 6.45) is -4.85. The van der Waals surface area contributed by atoms with Gasteiger partial charge in [0.05, 0.1) is 23.2 Å². The molecule has 8 nitrogen and oxygen atoms in total. The van der Waals surface area contributed by atoms with Crippen LogP contribution in [-0.2, 0) is 17.5 Å². The number of ether oxygens (including phenoxy) is 1. The summed E-state index contributed by atoms with van der Waals surface area (Å²) in [4.78, 5) is 39.6. The minimum atomic E-state index is -4.79. The number of piperazine rings is 1. The molecule has 3 aliphatic rings. The summed E-state index contributed by atoms with van der Waals surface area (Å²) in [7, 11) is 0. The topological polar surface area (TPSA) is 80.6 Å². The number of carbonyl (C=O) groups excluding carboxylic acids is 1. The van der Waals surface area contributed by atoms with E-state index in [1.807, 2.05) is 26.0 Å². The van der Waals surface area contributed by atoms with E-state index in [-0.39, 0.29) is 55.2 Å². The van der Waals surface area contributed by atoms with Gasteiger partial charge in [-0.25, -0.2) is 18.4 Å². The Morgan fingerprint density at radius 3 is 2.27 bits per heavy atom. The molecule has 2 aliphatic heterocycles. The van der Waals surface area contributed by atoms with Gasteiger partial charge >= 0.3 is 18.0 Å². The van der Waals surface area contributed by atoms with Gasteiger partial charge in [-0.1, -0.05) is 6.07 Å². The Labute approximate surface area is 280 Å². The van der Waals surface area contributed by atoms with Crippen molar-refractivity contribution in [3.8, 4) is 0 Å². The third-order valence-corrected chi connectivity index (χ3v) is 10.7. The van der Waals surface area contributed by atoms with E-state index >= 15 is 13.2 Å². The molecule has 14 heteroatoms. The molecule has 1 amide bonds. The van der Waals surface area contributed by atoms with Crippen LogP contribution in [0.5, 0.6) is 0 Å². The number of amides is 1. The maximum atomic E-state index is 15.1. The molecular formula is C34H40F5N5O3S. The zero-order valence-electron chi connectivity index (χ0n) is 27.6. The van der Waals surface area contributed by atoms with Gasteiger partial charge in [-0.15, -0.1) is 11.8 Å². The number of aromatic nitrogens is 3. The third kappa shape index (κ3) is 6.73. The van der Waals surface area contributed by atoms with Crippen LogP contribution in [0.25, 0.3) is 10.9 Å². The average Bonchev–Trinajstić information content (AvgIpc) is 3.19. The molecule has 1 unspecified atom stereocenters. The van der Waals surface area contributed by atoms with Crippen LogP contribution in [0.1, 0.15) is 89.0 Å². The van der Waals surface area contributed by atoms with Crippen molar-refractivity contribution in [2.45, 2.75) is 113 Å². The molecule has 1 saturated carbocycles. The number of thioether (sulfide) groups is 1. The van der Waals surface area contributed by atoms with E-state index in [4.69, 9.17) is 4.74 Å². The van der Waals surface area contributed by atoms with E-state index in [1.165, 1.54) is 16.3 Å². The molecule has 1 aromatic carbocycles. The van der Waals surface area contributed by atoms with Crippen molar-refractivity contribution in [3.63, 3.8) is 0 Å². The van der Waals surface area contributed by atoms with Crippen molar-refractivity contribution in [1.82, 2.24) is 19.4 Å². The SMILES string of the molecule is C[C@@H]1CN(c2nc(=O)n3c4c(c(C5CCC(F)(F)CC5)c(C(F)(F)F)cc24)SCC(c2ccccn2)C3)C[C@H](C)N1C(=O)OC(C)(C)C. The summed E-state index contributed by atoms with van der Waals surface area (Å²) >= 11 is 1.23. The van der Waals surface area contributed by atoms with E-state index in [0.717, 1.165) is 6.07 Å². The molecule has 0 bridgehead atoms. The monoisotopic (exact) mass is 693 g/mol. The normalized spacial score (nSPS) is 23.7. The minimum absolute atomic E-state index is 0.0149. The first-order valence-electron chi connectivity index (χ1n) is 16.3. The Bertz CT molecular complexity index is 1740. The lowest BCUT2D eigenvalue weighted by Crippen LogP contribution is -2.59. The second kappa shape index (κ2) is 12.5. The zero-order chi connectivity index (χ0) is 34.8. The van der Waals surface area contributed by atoms with Crippen LogP contribution in [-0.4, -0.2) is 68.0 Å². The van der Waals surface area contributed by atoms with Crippen LogP contribution in [0.4, 0.5) is 32.6 Å². The highest BCUT2D eigenvalue weighted by Gasteiger charge is 2.44. The van der Waals surface area contributed by atoms with Gasteiger partial charge in [0.2, 0.25) is 5.92 Å². The van der Waals surface area contributed by atoms with E-state index in [9.17, 15) is 18.4 Å². The predicted octanol–water partition coefficient (Wildman–Crippen LogP) is 7.83. The first kappa shape index (κ1) is 34.4. The number of nitrogens with zero attached hydrogens (tertiary/aromatic N) is 5. The molecule has 0 N–H and O–H groups in total. The molecule has 2 aromatic heterocycles. The van der Waals surface area contributed by atoms with Gasteiger partial charge < -0.3 is 9.64 Å². The van der Waals surface area contributed by atoms with E-state index < -0.39 is 65.9 Å². The second-order valence-corrected chi connectivity index (χ2v) is 15.3. The molecule has 1 saturated heterocycles. The summed E-state index contributed by atoms with van der Waals surface area (Å²) in [6.45, 7) is 9.51. The molecule has 0 radical (unpaired) electrons. The molecule has 0 spiro atoms. The van der Waals surface area contributed by atoms with E-state index in [1.54, 1.807) is 42.8 Å². The predicted molar refractivity (Wildman–Crippen MR) is 174 cm³/mol. The van der Waals surface area contributed by atoms with E-state index in [0.29, 0.717) is 21.9 Å². The molecule has 3 atom stereocenters. The smallest absolute Gasteiger partial charge is 0.416 e. The number of carbonyl (C=O) groups is 1. The first-order valence-corrected chi connectivity index (χ1v) is 17.3. The largest absolute Gasteiger partial charge is 0.444 e. The highest BCUT2D eigenvalue weighted by atomic mass is 32.2. The van der Waals surface area contributed by atoms with Crippen molar-refractivity contribution in [2.75, 3.05) is 23.7 Å². The van der Waals surface area contributed by atoms with Crippen molar-refractivity contribution in [1.29, 1.82) is 0 Å². The molecular weight excluding hydrogens is 653 g/mol. The number of pyridine rings is 1. The van der Waals surface area contributed by atoms with Gasteiger partial charge in [0.25, 0.3) is 0 Å². The number of hydrogen-bond acceptors (Lipinski definition) is 7. The van der Waals surface area contributed by atoms with Crippen LogP contribution in [0, 0.1) is 0 Å². The Hall–Kier alpha value is -3.42.